The zero-order valence-electron chi connectivity index (χ0n) is 21.6. The van der Waals surface area contributed by atoms with E-state index in [2.05, 4.69) is 20.4 Å². The van der Waals surface area contributed by atoms with Gasteiger partial charge >= 0.3 is 0 Å². The summed E-state index contributed by atoms with van der Waals surface area (Å²) in [6.07, 6.45) is 2.89. The van der Waals surface area contributed by atoms with Gasteiger partial charge in [-0.25, -0.2) is 4.39 Å². The van der Waals surface area contributed by atoms with Crippen LogP contribution in [0.2, 0.25) is 0 Å². The molecular formula is C30H31FN4O3. The van der Waals surface area contributed by atoms with Gasteiger partial charge in [-0.05, 0) is 91.9 Å². The Balaban J connectivity index is 1.17. The van der Waals surface area contributed by atoms with Gasteiger partial charge in [-0.1, -0.05) is 23.4 Å². The van der Waals surface area contributed by atoms with E-state index in [4.69, 9.17) is 9.26 Å². The summed E-state index contributed by atoms with van der Waals surface area (Å²) in [6, 6.07) is 19.6. The zero-order chi connectivity index (χ0) is 26.5. The monoisotopic (exact) mass is 514 g/mol. The Bertz CT molecular complexity index is 1400. The molecule has 1 aliphatic heterocycles. The molecule has 1 aromatic heterocycles. The molecule has 1 saturated heterocycles. The number of likely N-dealkylation sites (tertiary alicyclic amines) is 1. The fraction of sp³-hybridized carbons (Fsp3) is 0.300. The molecule has 4 aromatic rings. The van der Waals surface area contributed by atoms with Crippen LogP contribution in [0.1, 0.15) is 40.2 Å². The van der Waals surface area contributed by atoms with Crippen LogP contribution in [-0.2, 0) is 13.0 Å². The third-order valence-electron chi connectivity index (χ3n) is 7.04. The van der Waals surface area contributed by atoms with Crippen molar-refractivity contribution in [2.75, 3.05) is 25.5 Å². The van der Waals surface area contributed by atoms with Gasteiger partial charge < -0.3 is 14.6 Å². The molecule has 1 N–H and O–H groups in total. The number of anilines is 1. The Kier molecular flexibility index (Phi) is 7.79. The molecule has 8 heteroatoms. The molecule has 0 spiro atoms. The molecule has 7 nitrogen and oxygen atoms in total. The van der Waals surface area contributed by atoms with Crippen LogP contribution in [0.4, 0.5) is 10.1 Å². The maximum Gasteiger partial charge on any atom is 0.255 e. The average molecular weight is 515 g/mol. The van der Waals surface area contributed by atoms with Crippen molar-refractivity contribution < 1.29 is 18.4 Å². The number of carbonyl (C=O) groups is 1. The minimum Gasteiger partial charge on any atom is -0.497 e. The largest absolute Gasteiger partial charge is 0.497 e. The predicted molar refractivity (Wildman–Crippen MR) is 144 cm³/mol. The van der Waals surface area contributed by atoms with Gasteiger partial charge in [0.15, 0.2) is 0 Å². The highest BCUT2D eigenvalue weighted by Crippen LogP contribution is 2.25. The van der Waals surface area contributed by atoms with Crippen molar-refractivity contribution >= 4 is 11.6 Å². The molecule has 1 atom stereocenters. The summed E-state index contributed by atoms with van der Waals surface area (Å²) < 4.78 is 24.7. The number of carbonyl (C=O) groups excluding carboxylic acids is 1. The first-order chi connectivity index (χ1) is 18.5. The van der Waals surface area contributed by atoms with Gasteiger partial charge in [-0.15, -0.1) is 0 Å². The molecule has 1 fully saturated rings. The molecule has 0 bridgehead atoms. The molecule has 1 unspecified atom stereocenters. The normalized spacial score (nSPS) is 15.8. The summed E-state index contributed by atoms with van der Waals surface area (Å²) >= 11 is 0. The fourth-order valence-corrected chi connectivity index (χ4v) is 4.90. The lowest BCUT2D eigenvalue weighted by atomic mass is 9.94. The number of hydrogen-bond acceptors (Lipinski definition) is 6. The number of rotatable bonds is 8. The van der Waals surface area contributed by atoms with Crippen LogP contribution in [0.5, 0.6) is 5.75 Å². The van der Waals surface area contributed by atoms with E-state index in [0.29, 0.717) is 41.1 Å². The van der Waals surface area contributed by atoms with Crippen molar-refractivity contribution in [3.05, 3.63) is 95.1 Å². The minimum atomic E-state index is -0.215. The number of nitrogens with zero attached hydrogens (tertiary/aromatic N) is 3. The van der Waals surface area contributed by atoms with Crippen molar-refractivity contribution in [2.24, 2.45) is 5.92 Å². The van der Waals surface area contributed by atoms with E-state index >= 15 is 0 Å². The SMILES string of the molecule is COc1cccc(C(=O)Nc2ccc(-c3noc(CC4CCCN(Cc5cccc(F)c5C)C4)n3)cc2)c1. The summed E-state index contributed by atoms with van der Waals surface area (Å²) in [5.41, 5.74) is 3.76. The van der Waals surface area contributed by atoms with E-state index in [1.165, 1.54) is 6.07 Å². The van der Waals surface area contributed by atoms with Crippen LogP contribution in [0, 0.1) is 18.7 Å². The quantitative estimate of drug-likeness (QED) is 0.315. The molecule has 196 valence electrons. The third-order valence-corrected chi connectivity index (χ3v) is 7.04. The van der Waals surface area contributed by atoms with Crippen molar-refractivity contribution in [3.8, 4) is 17.1 Å². The number of piperidine rings is 1. The first-order valence-corrected chi connectivity index (χ1v) is 12.8. The number of benzene rings is 3. The lowest BCUT2D eigenvalue weighted by Crippen LogP contribution is -2.36. The maximum absolute atomic E-state index is 13.9. The summed E-state index contributed by atoms with van der Waals surface area (Å²) in [4.78, 5) is 19.6. The zero-order valence-corrected chi connectivity index (χ0v) is 21.6. The van der Waals surface area contributed by atoms with Gasteiger partial charge in [-0.2, -0.15) is 4.98 Å². The highest BCUT2D eigenvalue weighted by Gasteiger charge is 2.23. The summed E-state index contributed by atoms with van der Waals surface area (Å²) in [7, 11) is 1.57. The smallest absolute Gasteiger partial charge is 0.255 e. The van der Waals surface area contributed by atoms with Gasteiger partial charge in [0.05, 0.1) is 7.11 Å². The van der Waals surface area contributed by atoms with Crippen molar-refractivity contribution in [2.45, 2.75) is 32.7 Å². The lowest BCUT2D eigenvalue weighted by molar-refractivity contribution is 0.102. The summed E-state index contributed by atoms with van der Waals surface area (Å²) in [5.74, 6) is 1.80. The number of halogens is 1. The second-order valence-corrected chi connectivity index (χ2v) is 9.75. The van der Waals surface area contributed by atoms with Gasteiger partial charge in [0, 0.05) is 36.3 Å². The number of amides is 1. The molecule has 0 saturated carbocycles. The van der Waals surface area contributed by atoms with E-state index in [9.17, 15) is 9.18 Å². The van der Waals surface area contributed by atoms with Crippen LogP contribution < -0.4 is 10.1 Å². The van der Waals surface area contributed by atoms with Crippen LogP contribution in [0.15, 0.2) is 71.3 Å². The Labute approximate surface area is 221 Å². The van der Waals surface area contributed by atoms with E-state index in [0.717, 1.165) is 49.2 Å². The molecule has 3 aromatic carbocycles. The maximum atomic E-state index is 13.9. The van der Waals surface area contributed by atoms with E-state index in [1.807, 2.05) is 37.3 Å². The lowest BCUT2D eigenvalue weighted by Gasteiger charge is -2.32. The first-order valence-electron chi connectivity index (χ1n) is 12.8. The van der Waals surface area contributed by atoms with Crippen molar-refractivity contribution in [1.29, 1.82) is 0 Å². The van der Waals surface area contributed by atoms with E-state index in [-0.39, 0.29) is 11.7 Å². The molecule has 38 heavy (non-hydrogen) atoms. The molecule has 0 aliphatic carbocycles. The molecule has 1 amide bonds. The number of methoxy groups -OCH3 is 1. The van der Waals surface area contributed by atoms with Crippen molar-refractivity contribution in [3.63, 3.8) is 0 Å². The Hall–Kier alpha value is -4.04. The highest BCUT2D eigenvalue weighted by molar-refractivity contribution is 6.04. The van der Waals surface area contributed by atoms with Crippen LogP contribution in [-0.4, -0.2) is 41.1 Å². The van der Waals surface area contributed by atoms with Gasteiger partial charge in [-0.3, -0.25) is 9.69 Å². The van der Waals surface area contributed by atoms with Crippen LogP contribution in [0.25, 0.3) is 11.4 Å². The molecule has 5 rings (SSSR count). The fourth-order valence-electron chi connectivity index (χ4n) is 4.90. The summed E-state index contributed by atoms with van der Waals surface area (Å²) in [5, 5.41) is 7.07. The van der Waals surface area contributed by atoms with Crippen LogP contribution >= 0.6 is 0 Å². The van der Waals surface area contributed by atoms with Crippen LogP contribution in [0.3, 0.4) is 0 Å². The topological polar surface area (TPSA) is 80.5 Å². The Morgan fingerprint density at radius 3 is 2.79 bits per heavy atom. The number of nitrogens with one attached hydrogen (secondary N) is 1. The Morgan fingerprint density at radius 1 is 1.16 bits per heavy atom. The van der Waals surface area contributed by atoms with E-state index < -0.39 is 0 Å². The Morgan fingerprint density at radius 2 is 1.97 bits per heavy atom. The number of hydrogen-bond donors (Lipinski definition) is 1. The van der Waals surface area contributed by atoms with E-state index in [1.54, 1.807) is 37.4 Å². The predicted octanol–water partition coefficient (Wildman–Crippen LogP) is 5.90. The third kappa shape index (κ3) is 6.08. The standard InChI is InChI=1S/C30H31FN4O3/c1-20-24(8-4-10-27(20)31)19-35-15-5-6-21(18-35)16-28-33-29(34-38-28)22-11-13-25(14-12-22)32-30(36)23-7-3-9-26(17-23)37-2/h3-4,7-14,17,21H,5-6,15-16,18-19H2,1-2H3,(H,32,36). The second-order valence-electron chi connectivity index (χ2n) is 9.75. The molecular weight excluding hydrogens is 483 g/mol. The second kappa shape index (κ2) is 11.6. The molecule has 0 radical (unpaired) electrons. The van der Waals surface area contributed by atoms with Crippen molar-refractivity contribution in [1.82, 2.24) is 15.0 Å². The number of ether oxygens (including phenoxy) is 1. The highest BCUT2D eigenvalue weighted by atomic mass is 19.1. The minimum absolute atomic E-state index is 0.151. The first kappa shape index (κ1) is 25.6. The van der Waals surface area contributed by atoms with Gasteiger partial charge in [0.25, 0.3) is 5.91 Å². The van der Waals surface area contributed by atoms with Gasteiger partial charge in [0.1, 0.15) is 11.6 Å². The van der Waals surface area contributed by atoms with Gasteiger partial charge in [0.2, 0.25) is 11.7 Å². The summed E-state index contributed by atoms with van der Waals surface area (Å²) in [6.45, 7) is 4.50. The molecule has 1 aliphatic rings. The molecule has 2 heterocycles. The number of aromatic nitrogens is 2. The average Bonchev–Trinajstić information content (AvgIpc) is 3.40.